The van der Waals surface area contributed by atoms with E-state index < -0.39 is 0 Å². The fraction of sp³-hybridized carbons (Fsp3) is 0.526. The number of hydrogen-bond acceptors (Lipinski definition) is 4. The number of benzene rings is 1. The molecular formula is C19H27N3O2S. The van der Waals surface area contributed by atoms with Crippen molar-refractivity contribution >= 4 is 34.4 Å². The Kier molecular flexibility index (Phi) is 7.98. The summed E-state index contributed by atoms with van der Waals surface area (Å²) in [6, 6.07) is 9.58. The quantitative estimate of drug-likeness (QED) is 0.682. The summed E-state index contributed by atoms with van der Waals surface area (Å²) in [5.41, 5.74) is 0.817. The van der Waals surface area contributed by atoms with E-state index in [4.69, 9.17) is 0 Å². The Bertz CT molecular complexity index is 604. The molecule has 2 amide bonds. The Morgan fingerprint density at radius 3 is 2.64 bits per heavy atom. The van der Waals surface area contributed by atoms with E-state index in [-0.39, 0.29) is 23.5 Å². The van der Waals surface area contributed by atoms with Crippen LogP contribution < -0.4 is 5.32 Å². The van der Waals surface area contributed by atoms with Crippen LogP contribution in [0.15, 0.2) is 35.3 Å². The van der Waals surface area contributed by atoms with Crippen molar-refractivity contribution in [2.24, 2.45) is 4.99 Å². The van der Waals surface area contributed by atoms with Crippen molar-refractivity contribution in [3.63, 3.8) is 0 Å². The van der Waals surface area contributed by atoms with Gasteiger partial charge in [-0.15, -0.1) is 0 Å². The van der Waals surface area contributed by atoms with Gasteiger partial charge >= 0.3 is 0 Å². The van der Waals surface area contributed by atoms with Crippen molar-refractivity contribution in [3.05, 3.63) is 30.3 Å². The van der Waals surface area contributed by atoms with Gasteiger partial charge in [-0.3, -0.25) is 14.5 Å². The third-order valence-electron chi connectivity index (χ3n) is 4.04. The molecular weight excluding hydrogens is 334 g/mol. The first-order chi connectivity index (χ1) is 12.2. The van der Waals surface area contributed by atoms with Gasteiger partial charge in [0.05, 0.1) is 5.69 Å². The zero-order valence-corrected chi connectivity index (χ0v) is 15.8. The zero-order chi connectivity index (χ0) is 18.1. The van der Waals surface area contributed by atoms with Gasteiger partial charge < -0.3 is 5.32 Å². The molecule has 1 heterocycles. The first-order valence-corrected chi connectivity index (χ1v) is 9.92. The number of hydrogen-bond donors (Lipinski definition) is 1. The second kappa shape index (κ2) is 10.2. The Morgan fingerprint density at radius 1 is 1.20 bits per heavy atom. The molecule has 136 valence electrons. The standard InChI is InChI=1S/C19H27N3O2S/c1-3-5-6-10-13-20-17(23)14-16-18(24)22(4-2)19(25-16)21-15-11-8-7-9-12-15/h7-9,11-12,16H,3-6,10,13-14H2,1-2H3,(H,20,23). The lowest BCUT2D eigenvalue weighted by atomic mass is 10.2. The van der Waals surface area contributed by atoms with Gasteiger partial charge in [0.1, 0.15) is 5.25 Å². The van der Waals surface area contributed by atoms with Crippen molar-refractivity contribution in [2.75, 3.05) is 13.1 Å². The van der Waals surface area contributed by atoms with Gasteiger partial charge in [-0.25, -0.2) is 4.99 Å². The highest BCUT2D eigenvalue weighted by molar-refractivity contribution is 8.15. The molecule has 2 rings (SSSR count). The van der Waals surface area contributed by atoms with Gasteiger partial charge in [-0.2, -0.15) is 0 Å². The summed E-state index contributed by atoms with van der Waals surface area (Å²) in [7, 11) is 0. The Labute approximate surface area is 154 Å². The van der Waals surface area contributed by atoms with Crippen molar-refractivity contribution in [2.45, 2.75) is 51.2 Å². The number of nitrogens with one attached hydrogen (secondary N) is 1. The Balaban J connectivity index is 1.90. The minimum atomic E-state index is -0.377. The number of nitrogens with zero attached hydrogens (tertiary/aromatic N) is 2. The summed E-state index contributed by atoms with van der Waals surface area (Å²) in [4.78, 5) is 30.9. The zero-order valence-electron chi connectivity index (χ0n) is 15.0. The fourth-order valence-electron chi connectivity index (χ4n) is 2.65. The molecule has 1 aromatic rings. The number of aliphatic imine (C=N–C) groups is 1. The topological polar surface area (TPSA) is 61.8 Å². The molecule has 0 aromatic heterocycles. The molecule has 5 nitrogen and oxygen atoms in total. The van der Waals surface area contributed by atoms with Crippen LogP contribution in [0.1, 0.15) is 46.0 Å². The first-order valence-electron chi connectivity index (χ1n) is 9.04. The molecule has 1 aliphatic heterocycles. The number of unbranched alkanes of at least 4 members (excludes halogenated alkanes) is 3. The van der Waals surface area contributed by atoms with Crippen LogP contribution in [0.2, 0.25) is 0 Å². The van der Waals surface area contributed by atoms with E-state index in [0.717, 1.165) is 18.5 Å². The van der Waals surface area contributed by atoms with Crippen LogP contribution >= 0.6 is 11.8 Å². The van der Waals surface area contributed by atoms with E-state index in [2.05, 4.69) is 17.2 Å². The predicted octanol–water partition coefficient (Wildman–Crippen LogP) is 3.72. The minimum Gasteiger partial charge on any atom is -0.356 e. The lowest BCUT2D eigenvalue weighted by molar-refractivity contribution is -0.129. The molecule has 1 aromatic carbocycles. The average molecular weight is 362 g/mol. The van der Waals surface area contributed by atoms with Crippen LogP contribution in [0, 0.1) is 0 Å². The largest absolute Gasteiger partial charge is 0.356 e. The van der Waals surface area contributed by atoms with E-state index >= 15 is 0 Å². The minimum absolute atomic E-state index is 0.0247. The smallest absolute Gasteiger partial charge is 0.242 e. The van der Waals surface area contributed by atoms with Crippen LogP contribution in [0.3, 0.4) is 0 Å². The van der Waals surface area contributed by atoms with Crippen LogP contribution in [-0.2, 0) is 9.59 Å². The van der Waals surface area contributed by atoms with Crippen molar-refractivity contribution in [1.82, 2.24) is 10.2 Å². The second-order valence-corrected chi connectivity index (χ2v) is 7.20. The molecule has 1 fully saturated rings. The number of amidine groups is 1. The highest BCUT2D eigenvalue weighted by atomic mass is 32.2. The van der Waals surface area contributed by atoms with E-state index in [1.54, 1.807) is 4.90 Å². The van der Waals surface area contributed by atoms with Gasteiger partial charge in [-0.05, 0) is 25.5 Å². The van der Waals surface area contributed by atoms with Crippen LogP contribution in [0.25, 0.3) is 0 Å². The van der Waals surface area contributed by atoms with Gasteiger partial charge in [0.2, 0.25) is 11.8 Å². The van der Waals surface area contributed by atoms with Gasteiger partial charge in [0.25, 0.3) is 0 Å². The third kappa shape index (κ3) is 5.88. The molecule has 1 N–H and O–H groups in total. The van der Waals surface area contributed by atoms with Gasteiger partial charge in [-0.1, -0.05) is 56.1 Å². The molecule has 1 atom stereocenters. The number of amides is 2. The van der Waals surface area contributed by atoms with Crippen molar-refractivity contribution < 1.29 is 9.59 Å². The summed E-state index contributed by atoms with van der Waals surface area (Å²) in [6.45, 7) is 5.34. The van der Waals surface area contributed by atoms with Crippen molar-refractivity contribution in [3.8, 4) is 0 Å². The summed E-state index contributed by atoms with van der Waals surface area (Å²) in [6.07, 6.45) is 4.70. The van der Waals surface area contributed by atoms with E-state index in [1.165, 1.54) is 24.6 Å². The average Bonchev–Trinajstić information content (AvgIpc) is 2.90. The third-order valence-corrected chi connectivity index (χ3v) is 5.22. The molecule has 6 heteroatoms. The molecule has 0 radical (unpaired) electrons. The first kappa shape index (κ1) is 19.5. The normalized spacial score (nSPS) is 18.8. The molecule has 1 aliphatic rings. The van der Waals surface area contributed by atoms with E-state index in [1.807, 2.05) is 37.3 Å². The SMILES string of the molecule is CCCCCCNC(=O)CC1SC(=Nc2ccccc2)N(CC)C1=O. The number of carbonyl (C=O) groups excluding carboxylic acids is 2. The Morgan fingerprint density at radius 2 is 1.96 bits per heavy atom. The number of carbonyl (C=O) groups is 2. The molecule has 1 unspecified atom stereocenters. The summed E-state index contributed by atoms with van der Waals surface area (Å²) < 4.78 is 0. The second-order valence-electron chi connectivity index (χ2n) is 6.03. The molecule has 0 aliphatic carbocycles. The van der Waals surface area contributed by atoms with Gasteiger partial charge in [0.15, 0.2) is 5.17 Å². The highest BCUT2D eigenvalue weighted by Crippen LogP contribution is 2.31. The number of rotatable bonds is 9. The van der Waals surface area contributed by atoms with Crippen LogP contribution in [-0.4, -0.2) is 40.2 Å². The van der Waals surface area contributed by atoms with E-state index in [9.17, 15) is 9.59 Å². The predicted molar refractivity (Wildman–Crippen MR) is 104 cm³/mol. The lowest BCUT2D eigenvalue weighted by Gasteiger charge is -2.13. The summed E-state index contributed by atoms with van der Waals surface area (Å²) in [5.74, 6) is -0.0809. The van der Waals surface area contributed by atoms with Gasteiger partial charge in [0, 0.05) is 19.5 Å². The molecule has 0 saturated carbocycles. The fourth-order valence-corrected chi connectivity index (χ4v) is 3.87. The van der Waals surface area contributed by atoms with E-state index in [0.29, 0.717) is 18.3 Å². The van der Waals surface area contributed by atoms with Crippen LogP contribution in [0.5, 0.6) is 0 Å². The summed E-state index contributed by atoms with van der Waals surface area (Å²) in [5, 5.41) is 3.23. The monoisotopic (exact) mass is 361 g/mol. The van der Waals surface area contributed by atoms with Crippen molar-refractivity contribution in [1.29, 1.82) is 0 Å². The molecule has 25 heavy (non-hydrogen) atoms. The van der Waals surface area contributed by atoms with Crippen LogP contribution in [0.4, 0.5) is 5.69 Å². The maximum atomic E-state index is 12.5. The maximum absolute atomic E-state index is 12.5. The summed E-state index contributed by atoms with van der Waals surface area (Å²) >= 11 is 1.39. The number of thioether (sulfide) groups is 1. The molecule has 0 spiro atoms. The maximum Gasteiger partial charge on any atom is 0.242 e. The lowest BCUT2D eigenvalue weighted by Crippen LogP contribution is -2.34. The molecule has 1 saturated heterocycles. The number of para-hydroxylation sites is 1. The Hall–Kier alpha value is -1.82. The highest BCUT2D eigenvalue weighted by Gasteiger charge is 2.38. The molecule has 0 bridgehead atoms.